The summed E-state index contributed by atoms with van der Waals surface area (Å²) in [5.74, 6) is -0.212. The van der Waals surface area contributed by atoms with Crippen molar-refractivity contribution in [2.75, 3.05) is 6.54 Å². The molecule has 0 radical (unpaired) electrons. The first-order valence-corrected chi connectivity index (χ1v) is 7.48. The normalized spacial score (nSPS) is 12.7. The van der Waals surface area contributed by atoms with Crippen LogP contribution in [0.25, 0.3) is 10.2 Å². The molecule has 3 aromatic rings. The van der Waals surface area contributed by atoms with E-state index in [-0.39, 0.29) is 11.9 Å². The van der Waals surface area contributed by atoms with Crippen molar-refractivity contribution in [3.8, 4) is 0 Å². The van der Waals surface area contributed by atoms with E-state index in [1.54, 1.807) is 11.3 Å². The third kappa shape index (κ3) is 2.57. The van der Waals surface area contributed by atoms with Crippen molar-refractivity contribution >= 4 is 21.6 Å². The largest absolute Gasteiger partial charge is 0.306 e. The van der Waals surface area contributed by atoms with Crippen molar-refractivity contribution in [2.24, 2.45) is 0 Å². The van der Waals surface area contributed by atoms with Gasteiger partial charge in [-0.25, -0.2) is 4.39 Å². The summed E-state index contributed by atoms with van der Waals surface area (Å²) in [5.41, 5.74) is 3.17. The lowest BCUT2D eigenvalue weighted by Gasteiger charge is -2.18. The van der Waals surface area contributed by atoms with Crippen molar-refractivity contribution in [3.05, 3.63) is 64.9 Å². The minimum absolute atomic E-state index is 0.0413. The Kier molecular flexibility index (Phi) is 3.76. The summed E-state index contributed by atoms with van der Waals surface area (Å²) in [6, 6.07) is 10.9. The van der Waals surface area contributed by atoms with E-state index in [9.17, 15) is 4.39 Å². The Hall–Kier alpha value is -1.78. The number of nitrogens with zero attached hydrogens (tertiary/aromatic N) is 1. The van der Waals surface area contributed by atoms with Crippen LogP contribution in [0.1, 0.15) is 24.1 Å². The van der Waals surface area contributed by atoms with Crippen molar-refractivity contribution in [1.82, 2.24) is 10.3 Å². The van der Waals surface area contributed by atoms with Crippen LogP contribution in [0.4, 0.5) is 4.39 Å². The Morgan fingerprint density at radius 3 is 2.75 bits per heavy atom. The zero-order valence-corrected chi connectivity index (χ0v) is 12.0. The Labute approximate surface area is 121 Å². The molecule has 20 heavy (non-hydrogen) atoms. The van der Waals surface area contributed by atoms with Crippen molar-refractivity contribution < 1.29 is 4.39 Å². The molecule has 1 unspecified atom stereocenters. The lowest BCUT2D eigenvalue weighted by Crippen LogP contribution is -2.22. The molecule has 0 aliphatic carbocycles. The summed E-state index contributed by atoms with van der Waals surface area (Å²) in [5, 5.41) is 5.48. The predicted octanol–water partition coefficient (Wildman–Crippen LogP) is 4.13. The van der Waals surface area contributed by atoms with Crippen LogP contribution >= 0.6 is 11.3 Å². The van der Waals surface area contributed by atoms with Crippen LogP contribution in [0.2, 0.25) is 0 Å². The SMILES string of the molecule is CCNC(c1ccc(F)cc1)c1cnc2ccsc2c1. The van der Waals surface area contributed by atoms with Gasteiger partial charge in [0.1, 0.15) is 5.82 Å². The maximum absolute atomic E-state index is 13.1. The van der Waals surface area contributed by atoms with E-state index in [1.165, 1.54) is 16.8 Å². The summed E-state index contributed by atoms with van der Waals surface area (Å²) < 4.78 is 14.2. The molecule has 0 saturated carbocycles. The predicted molar refractivity (Wildman–Crippen MR) is 81.5 cm³/mol. The van der Waals surface area contributed by atoms with Crippen LogP contribution in [-0.2, 0) is 0 Å². The molecule has 2 aromatic heterocycles. The highest BCUT2D eigenvalue weighted by molar-refractivity contribution is 7.17. The van der Waals surface area contributed by atoms with Gasteiger partial charge in [-0.1, -0.05) is 19.1 Å². The zero-order valence-electron chi connectivity index (χ0n) is 11.1. The molecule has 0 spiro atoms. The molecule has 0 bridgehead atoms. The molecule has 0 amide bonds. The molecule has 2 nitrogen and oxygen atoms in total. The van der Waals surface area contributed by atoms with Crippen LogP contribution in [0.5, 0.6) is 0 Å². The van der Waals surface area contributed by atoms with Crippen molar-refractivity contribution in [2.45, 2.75) is 13.0 Å². The first-order valence-electron chi connectivity index (χ1n) is 6.60. The van der Waals surface area contributed by atoms with Gasteiger partial charge in [-0.3, -0.25) is 4.98 Å². The fraction of sp³-hybridized carbons (Fsp3) is 0.188. The van der Waals surface area contributed by atoms with Gasteiger partial charge >= 0.3 is 0 Å². The van der Waals surface area contributed by atoms with E-state index in [1.807, 2.05) is 29.8 Å². The standard InChI is InChI=1S/C16H15FN2S/c1-2-18-16(11-3-5-13(17)6-4-11)12-9-15-14(19-10-12)7-8-20-15/h3-10,16,18H,2H2,1H3. The molecule has 1 atom stereocenters. The molecule has 4 heteroatoms. The molecule has 102 valence electrons. The second-order valence-corrected chi connectivity index (χ2v) is 5.56. The van der Waals surface area contributed by atoms with E-state index in [4.69, 9.17) is 0 Å². The maximum Gasteiger partial charge on any atom is 0.123 e. The van der Waals surface area contributed by atoms with Crippen LogP contribution < -0.4 is 5.32 Å². The number of hydrogen-bond donors (Lipinski definition) is 1. The summed E-state index contributed by atoms with van der Waals surface area (Å²) in [6.45, 7) is 2.90. The second-order valence-electron chi connectivity index (χ2n) is 4.61. The highest BCUT2D eigenvalue weighted by atomic mass is 32.1. The van der Waals surface area contributed by atoms with Crippen LogP contribution in [0, 0.1) is 5.82 Å². The quantitative estimate of drug-likeness (QED) is 0.780. The number of rotatable bonds is 4. The van der Waals surface area contributed by atoms with Gasteiger partial charge in [0.05, 0.1) is 16.3 Å². The third-order valence-electron chi connectivity index (χ3n) is 3.27. The Morgan fingerprint density at radius 2 is 2.00 bits per heavy atom. The molecular formula is C16H15FN2S. The van der Waals surface area contributed by atoms with Gasteiger partial charge < -0.3 is 5.32 Å². The zero-order chi connectivity index (χ0) is 13.9. The van der Waals surface area contributed by atoms with Crippen molar-refractivity contribution in [3.63, 3.8) is 0 Å². The molecule has 3 rings (SSSR count). The lowest BCUT2D eigenvalue weighted by atomic mass is 10.00. The number of thiophene rings is 1. The summed E-state index contributed by atoms with van der Waals surface area (Å²) in [6.07, 6.45) is 1.89. The highest BCUT2D eigenvalue weighted by Crippen LogP contribution is 2.26. The van der Waals surface area contributed by atoms with E-state index < -0.39 is 0 Å². The minimum Gasteiger partial charge on any atom is -0.306 e. The number of nitrogens with one attached hydrogen (secondary N) is 1. The van der Waals surface area contributed by atoms with Crippen LogP contribution in [0.15, 0.2) is 48.0 Å². The number of aromatic nitrogens is 1. The number of benzene rings is 1. The maximum atomic E-state index is 13.1. The van der Waals surface area contributed by atoms with Gasteiger partial charge in [0.25, 0.3) is 0 Å². The summed E-state index contributed by atoms with van der Waals surface area (Å²) in [4.78, 5) is 4.48. The molecule has 1 aromatic carbocycles. The van der Waals surface area contributed by atoms with E-state index >= 15 is 0 Å². The van der Waals surface area contributed by atoms with Gasteiger partial charge in [0.2, 0.25) is 0 Å². The molecule has 0 aliphatic heterocycles. The molecule has 1 N–H and O–H groups in total. The molecule has 0 aliphatic rings. The molecular weight excluding hydrogens is 271 g/mol. The monoisotopic (exact) mass is 286 g/mol. The van der Waals surface area contributed by atoms with Crippen LogP contribution in [0.3, 0.4) is 0 Å². The summed E-state index contributed by atoms with van der Waals surface area (Å²) in [7, 11) is 0. The molecule has 2 heterocycles. The van der Waals surface area contributed by atoms with Gasteiger partial charge in [-0.2, -0.15) is 0 Å². The Bertz CT molecular complexity index is 706. The topological polar surface area (TPSA) is 24.9 Å². The fourth-order valence-corrected chi connectivity index (χ4v) is 3.10. The number of fused-ring (bicyclic) bond motifs is 1. The first-order chi connectivity index (χ1) is 9.78. The van der Waals surface area contributed by atoms with Gasteiger partial charge in [0.15, 0.2) is 0 Å². The van der Waals surface area contributed by atoms with E-state index in [0.717, 1.165) is 23.2 Å². The minimum atomic E-state index is -0.212. The smallest absolute Gasteiger partial charge is 0.123 e. The second kappa shape index (κ2) is 5.69. The highest BCUT2D eigenvalue weighted by Gasteiger charge is 2.14. The van der Waals surface area contributed by atoms with Gasteiger partial charge in [0, 0.05) is 6.20 Å². The Morgan fingerprint density at radius 1 is 1.20 bits per heavy atom. The van der Waals surface area contributed by atoms with E-state index in [0.29, 0.717) is 0 Å². The summed E-state index contributed by atoms with van der Waals surface area (Å²) >= 11 is 1.68. The average Bonchev–Trinajstić information content (AvgIpc) is 2.93. The fourth-order valence-electron chi connectivity index (χ4n) is 2.31. The molecule has 0 fully saturated rings. The Balaban J connectivity index is 2.02. The van der Waals surface area contributed by atoms with E-state index in [2.05, 4.69) is 23.3 Å². The average molecular weight is 286 g/mol. The lowest BCUT2D eigenvalue weighted by molar-refractivity contribution is 0.613. The number of halogens is 1. The number of hydrogen-bond acceptors (Lipinski definition) is 3. The van der Waals surface area contributed by atoms with Gasteiger partial charge in [-0.15, -0.1) is 11.3 Å². The van der Waals surface area contributed by atoms with Gasteiger partial charge in [-0.05, 0) is 47.3 Å². The van der Waals surface area contributed by atoms with Crippen molar-refractivity contribution in [1.29, 1.82) is 0 Å². The first kappa shape index (κ1) is 13.2. The number of pyridine rings is 1. The van der Waals surface area contributed by atoms with Crippen LogP contribution in [-0.4, -0.2) is 11.5 Å². The molecule has 0 saturated heterocycles. The third-order valence-corrected chi connectivity index (χ3v) is 4.12.